The van der Waals surface area contributed by atoms with Crippen molar-refractivity contribution < 1.29 is 14.3 Å². The first-order chi connectivity index (χ1) is 10.7. The zero-order valence-corrected chi connectivity index (χ0v) is 13.1. The van der Waals surface area contributed by atoms with Crippen molar-refractivity contribution in [2.75, 3.05) is 18.5 Å². The van der Waals surface area contributed by atoms with Gasteiger partial charge in [-0.1, -0.05) is 0 Å². The third-order valence-corrected chi connectivity index (χ3v) is 4.15. The summed E-state index contributed by atoms with van der Waals surface area (Å²) in [6.07, 6.45) is 3.75. The van der Waals surface area contributed by atoms with E-state index >= 15 is 0 Å². The van der Waals surface area contributed by atoms with Crippen molar-refractivity contribution in [3.63, 3.8) is 0 Å². The summed E-state index contributed by atoms with van der Waals surface area (Å²) in [5.74, 6) is 0.268. The fourth-order valence-electron chi connectivity index (χ4n) is 2.13. The standard InChI is InChI=1S/C15H17N3O3S/c1-10-9-22-15(17-10)18-14(19)11-4-5-13(16-7-11)21-8-12-3-2-6-20-12/h4-5,7,9,12H,2-3,6,8H2,1H3,(H,17,18,19)/t12-/m1/s1. The highest BCUT2D eigenvalue weighted by molar-refractivity contribution is 7.13. The van der Waals surface area contributed by atoms with Crippen LogP contribution >= 0.6 is 11.3 Å². The van der Waals surface area contributed by atoms with Crippen LogP contribution in [-0.4, -0.2) is 35.2 Å². The number of hydrogen-bond acceptors (Lipinski definition) is 6. The summed E-state index contributed by atoms with van der Waals surface area (Å²) in [6.45, 7) is 3.18. The van der Waals surface area contributed by atoms with Crippen LogP contribution in [0.1, 0.15) is 28.9 Å². The quantitative estimate of drug-likeness (QED) is 0.917. The summed E-state index contributed by atoms with van der Waals surface area (Å²) in [6, 6.07) is 3.38. The number of hydrogen-bond donors (Lipinski definition) is 1. The molecule has 0 bridgehead atoms. The van der Waals surface area contributed by atoms with E-state index in [1.54, 1.807) is 12.1 Å². The molecule has 2 aromatic heterocycles. The minimum Gasteiger partial charge on any atom is -0.475 e. The Balaban J connectivity index is 1.54. The predicted octanol–water partition coefficient (Wildman–Crippen LogP) is 2.66. The molecule has 0 saturated carbocycles. The molecule has 116 valence electrons. The molecule has 22 heavy (non-hydrogen) atoms. The number of nitrogens with one attached hydrogen (secondary N) is 1. The molecule has 1 saturated heterocycles. The van der Waals surface area contributed by atoms with Crippen molar-refractivity contribution in [3.8, 4) is 5.88 Å². The molecule has 1 fully saturated rings. The van der Waals surface area contributed by atoms with Gasteiger partial charge in [-0.15, -0.1) is 11.3 Å². The lowest BCUT2D eigenvalue weighted by molar-refractivity contribution is 0.0663. The summed E-state index contributed by atoms with van der Waals surface area (Å²) in [5, 5.41) is 5.21. The Hall–Kier alpha value is -1.99. The van der Waals surface area contributed by atoms with E-state index in [2.05, 4.69) is 15.3 Å². The maximum Gasteiger partial charge on any atom is 0.259 e. The lowest BCUT2D eigenvalue weighted by Gasteiger charge is -2.10. The Morgan fingerprint density at radius 1 is 1.55 bits per heavy atom. The van der Waals surface area contributed by atoms with Crippen LogP contribution in [-0.2, 0) is 4.74 Å². The van der Waals surface area contributed by atoms with Crippen LogP contribution < -0.4 is 10.1 Å². The Morgan fingerprint density at radius 2 is 2.45 bits per heavy atom. The van der Waals surface area contributed by atoms with Gasteiger partial charge in [0, 0.05) is 24.3 Å². The van der Waals surface area contributed by atoms with Gasteiger partial charge >= 0.3 is 0 Å². The second-order valence-electron chi connectivity index (χ2n) is 5.08. The lowest BCUT2D eigenvalue weighted by atomic mass is 10.2. The predicted molar refractivity (Wildman–Crippen MR) is 83.5 cm³/mol. The van der Waals surface area contributed by atoms with Gasteiger partial charge in [0.1, 0.15) is 6.61 Å². The van der Waals surface area contributed by atoms with Crippen molar-refractivity contribution in [2.24, 2.45) is 0 Å². The van der Waals surface area contributed by atoms with Crippen LogP contribution in [0.5, 0.6) is 5.88 Å². The zero-order chi connectivity index (χ0) is 15.4. The Morgan fingerprint density at radius 3 is 3.09 bits per heavy atom. The van der Waals surface area contributed by atoms with Gasteiger partial charge in [0.2, 0.25) is 5.88 Å². The van der Waals surface area contributed by atoms with E-state index in [-0.39, 0.29) is 12.0 Å². The van der Waals surface area contributed by atoms with E-state index < -0.39 is 0 Å². The number of ether oxygens (including phenoxy) is 2. The monoisotopic (exact) mass is 319 g/mol. The van der Waals surface area contributed by atoms with Gasteiger partial charge in [0.15, 0.2) is 5.13 Å². The minimum atomic E-state index is -0.229. The SMILES string of the molecule is Cc1csc(NC(=O)c2ccc(OC[C@H]3CCCO3)nc2)n1. The van der Waals surface area contributed by atoms with Crippen molar-refractivity contribution in [1.82, 2.24) is 9.97 Å². The third-order valence-electron chi connectivity index (χ3n) is 3.28. The van der Waals surface area contributed by atoms with Crippen LogP contribution in [0.3, 0.4) is 0 Å². The van der Waals surface area contributed by atoms with Crippen molar-refractivity contribution in [2.45, 2.75) is 25.9 Å². The summed E-state index contributed by atoms with van der Waals surface area (Å²) in [4.78, 5) is 20.4. The number of rotatable bonds is 5. The molecule has 1 aliphatic heterocycles. The molecule has 6 nitrogen and oxygen atoms in total. The maximum absolute atomic E-state index is 12.1. The first kappa shape index (κ1) is 14.9. The molecular weight excluding hydrogens is 302 g/mol. The smallest absolute Gasteiger partial charge is 0.259 e. The number of thiazole rings is 1. The van der Waals surface area contributed by atoms with Gasteiger partial charge in [-0.3, -0.25) is 10.1 Å². The minimum absolute atomic E-state index is 0.151. The number of amides is 1. The molecule has 7 heteroatoms. The number of carbonyl (C=O) groups is 1. The van der Waals surface area contributed by atoms with Gasteiger partial charge in [0.05, 0.1) is 17.4 Å². The number of pyridine rings is 1. The van der Waals surface area contributed by atoms with Gasteiger partial charge in [-0.2, -0.15) is 0 Å². The normalized spacial score (nSPS) is 17.4. The van der Waals surface area contributed by atoms with E-state index in [0.29, 0.717) is 23.2 Å². The summed E-state index contributed by atoms with van der Waals surface area (Å²) >= 11 is 1.40. The molecule has 3 heterocycles. The van der Waals surface area contributed by atoms with Crippen LogP contribution in [0.4, 0.5) is 5.13 Å². The largest absolute Gasteiger partial charge is 0.475 e. The van der Waals surface area contributed by atoms with E-state index in [0.717, 1.165) is 25.1 Å². The average Bonchev–Trinajstić information content (AvgIpc) is 3.17. The lowest BCUT2D eigenvalue weighted by Crippen LogP contribution is -2.17. The molecule has 0 spiro atoms. The number of anilines is 1. The highest BCUT2D eigenvalue weighted by Crippen LogP contribution is 2.17. The Bertz CT molecular complexity index is 636. The molecule has 1 atom stereocenters. The molecule has 0 aromatic carbocycles. The van der Waals surface area contributed by atoms with E-state index in [1.807, 2.05) is 12.3 Å². The maximum atomic E-state index is 12.1. The Labute approximate surface area is 132 Å². The summed E-state index contributed by atoms with van der Waals surface area (Å²) < 4.78 is 11.1. The van der Waals surface area contributed by atoms with Crippen LogP contribution in [0, 0.1) is 6.92 Å². The molecule has 1 N–H and O–H groups in total. The van der Waals surface area contributed by atoms with Crippen molar-refractivity contribution in [1.29, 1.82) is 0 Å². The van der Waals surface area contributed by atoms with Crippen molar-refractivity contribution >= 4 is 22.4 Å². The molecule has 0 aliphatic carbocycles. The highest BCUT2D eigenvalue weighted by Gasteiger charge is 2.16. The molecule has 1 aliphatic rings. The average molecular weight is 319 g/mol. The van der Waals surface area contributed by atoms with E-state index in [4.69, 9.17) is 9.47 Å². The fraction of sp³-hybridized carbons (Fsp3) is 0.400. The van der Waals surface area contributed by atoms with Crippen LogP contribution in [0.15, 0.2) is 23.7 Å². The van der Waals surface area contributed by atoms with Gasteiger partial charge in [0.25, 0.3) is 5.91 Å². The van der Waals surface area contributed by atoms with Gasteiger partial charge in [-0.25, -0.2) is 9.97 Å². The molecule has 2 aromatic rings. The molecule has 0 unspecified atom stereocenters. The molecule has 0 radical (unpaired) electrons. The van der Waals surface area contributed by atoms with Crippen molar-refractivity contribution in [3.05, 3.63) is 35.0 Å². The summed E-state index contributed by atoms with van der Waals surface area (Å²) in [5.41, 5.74) is 1.36. The first-order valence-electron chi connectivity index (χ1n) is 7.14. The molecule has 1 amide bonds. The Kier molecular flexibility index (Phi) is 4.65. The molecular formula is C15H17N3O3S. The number of carbonyl (C=O) groups excluding carboxylic acids is 1. The fourth-order valence-corrected chi connectivity index (χ4v) is 2.82. The van der Waals surface area contributed by atoms with E-state index in [9.17, 15) is 4.79 Å². The first-order valence-corrected chi connectivity index (χ1v) is 8.02. The number of nitrogens with zero attached hydrogens (tertiary/aromatic N) is 2. The van der Waals surface area contributed by atoms with Crippen LogP contribution in [0.25, 0.3) is 0 Å². The third kappa shape index (κ3) is 3.80. The summed E-state index contributed by atoms with van der Waals surface area (Å²) in [7, 11) is 0. The van der Waals surface area contributed by atoms with Gasteiger partial charge < -0.3 is 9.47 Å². The highest BCUT2D eigenvalue weighted by atomic mass is 32.1. The zero-order valence-electron chi connectivity index (χ0n) is 12.2. The topological polar surface area (TPSA) is 73.3 Å². The number of aromatic nitrogens is 2. The van der Waals surface area contributed by atoms with Gasteiger partial charge in [-0.05, 0) is 25.8 Å². The second kappa shape index (κ2) is 6.85. The number of aryl methyl sites for hydroxylation is 1. The second-order valence-corrected chi connectivity index (χ2v) is 5.94. The van der Waals surface area contributed by atoms with Crippen LogP contribution in [0.2, 0.25) is 0 Å². The molecule has 3 rings (SSSR count). The van der Waals surface area contributed by atoms with E-state index in [1.165, 1.54) is 17.5 Å².